The highest BCUT2D eigenvalue weighted by Crippen LogP contribution is 2.40. The van der Waals surface area contributed by atoms with Crippen LogP contribution in [-0.4, -0.2) is 0 Å². The van der Waals surface area contributed by atoms with E-state index < -0.39 is 17.3 Å². The van der Waals surface area contributed by atoms with Crippen LogP contribution in [-0.2, 0) is 11.7 Å². The molecule has 0 aliphatic heterocycles. The monoisotopic (exact) mass is 285 g/mol. The summed E-state index contributed by atoms with van der Waals surface area (Å²) in [7, 11) is 0. The van der Waals surface area contributed by atoms with Crippen molar-refractivity contribution >= 4 is 0 Å². The van der Waals surface area contributed by atoms with Gasteiger partial charge >= 0.3 is 6.18 Å². The van der Waals surface area contributed by atoms with Gasteiger partial charge in [-0.15, -0.1) is 0 Å². The minimum Gasteiger partial charge on any atom is -0.321 e. The van der Waals surface area contributed by atoms with E-state index in [1.54, 1.807) is 12.1 Å². The van der Waals surface area contributed by atoms with Crippen LogP contribution < -0.4 is 5.73 Å². The zero-order chi connectivity index (χ0) is 14.8. The third kappa shape index (κ3) is 3.35. The lowest BCUT2D eigenvalue weighted by atomic mass is 9.72. The first-order chi connectivity index (χ1) is 9.35. The summed E-state index contributed by atoms with van der Waals surface area (Å²) in [5.74, 6) is 0.728. The molecule has 0 unspecified atom stereocenters. The molecule has 1 nitrogen and oxygen atoms in total. The summed E-state index contributed by atoms with van der Waals surface area (Å²) in [5.41, 5.74) is 6.19. The van der Waals surface area contributed by atoms with Crippen LogP contribution in [0.2, 0.25) is 0 Å². The molecule has 1 fully saturated rings. The van der Waals surface area contributed by atoms with E-state index in [2.05, 4.69) is 6.92 Å². The van der Waals surface area contributed by atoms with Crippen molar-refractivity contribution in [3.05, 3.63) is 35.4 Å². The Hall–Kier alpha value is -1.03. The summed E-state index contributed by atoms with van der Waals surface area (Å²) in [6, 6.07) is 5.37. The Balaban J connectivity index is 2.08. The third-order valence-electron chi connectivity index (χ3n) is 4.48. The molecular formula is C16H22F3N. The molecule has 20 heavy (non-hydrogen) atoms. The first-order valence-electron chi connectivity index (χ1n) is 7.32. The molecule has 112 valence electrons. The molecule has 0 saturated heterocycles. The molecular weight excluding hydrogens is 263 g/mol. The lowest BCUT2D eigenvalue weighted by Gasteiger charge is -2.37. The van der Waals surface area contributed by atoms with Crippen molar-refractivity contribution in [1.82, 2.24) is 0 Å². The summed E-state index contributed by atoms with van der Waals surface area (Å²) in [6.07, 6.45) is 2.01. The van der Waals surface area contributed by atoms with E-state index >= 15 is 0 Å². The molecule has 1 aromatic carbocycles. The molecule has 2 N–H and O–H groups in total. The van der Waals surface area contributed by atoms with E-state index in [-0.39, 0.29) is 0 Å². The van der Waals surface area contributed by atoms with E-state index in [1.807, 2.05) is 0 Å². The van der Waals surface area contributed by atoms with Gasteiger partial charge in [0.15, 0.2) is 0 Å². The minimum absolute atomic E-state index is 0.450. The van der Waals surface area contributed by atoms with Crippen LogP contribution in [0.3, 0.4) is 0 Å². The molecule has 0 spiro atoms. The molecule has 2 rings (SSSR count). The maximum Gasteiger partial charge on any atom is 0.416 e. The van der Waals surface area contributed by atoms with Gasteiger partial charge in [-0.1, -0.05) is 31.9 Å². The van der Waals surface area contributed by atoms with E-state index in [0.29, 0.717) is 0 Å². The maximum atomic E-state index is 12.6. The molecule has 0 aromatic heterocycles. The Kier molecular flexibility index (Phi) is 4.43. The minimum atomic E-state index is -4.28. The molecule has 1 aliphatic rings. The Morgan fingerprint density at radius 1 is 1.15 bits per heavy atom. The highest BCUT2D eigenvalue weighted by Gasteiger charge is 2.34. The zero-order valence-electron chi connectivity index (χ0n) is 11.8. The quantitative estimate of drug-likeness (QED) is 0.844. The second-order valence-corrected chi connectivity index (χ2v) is 5.96. The van der Waals surface area contributed by atoms with Gasteiger partial charge in [-0.05, 0) is 49.3 Å². The lowest BCUT2D eigenvalue weighted by molar-refractivity contribution is -0.137. The van der Waals surface area contributed by atoms with Crippen LogP contribution >= 0.6 is 0 Å². The first-order valence-corrected chi connectivity index (χ1v) is 7.32. The van der Waals surface area contributed by atoms with Crippen LogP contribution in [0.25, 0.3) is 0 Å². The summed E-state index contributed by atoms with van der Waals surface area (Å²) in [6.45, 7) is 2.18. The van der Waals surface area contributed by atoms with Crippen molar-refractivity contribution in [1.29, 1.82) is 0 Å². The molecule has 1 aliphatic carbocycles. The Labute approximate surface area is 118 Å². The fourth-order valence-electron chi connectivity index (χ4n) is 3.17. The van der Waals surface area contributed by atoms with Crippen molar-refractivity contribution < 1.29 is 13.2 Å². The van der Waals surface area contributed by atoms with Crippen molar-refractivity contribution in [2.45, 2.75) is 57.2 Å². The van der Waals surface area contributed by atoms with Gasteiger partial charge in [0.05, 0.1) is 5.56 Å². The number of nitrogens with two attached hydrogens (primary N) is 1. The standard InChI is InChI=1S/C16H22F3N/c1-2-3-12-8-10-15(20,11-9-12)13-4-6-14(7-5-13)16(17,18)19/h4-7,12H,2-3,8-11,20H2,1H3. The zero-order valence-corrected chi connectivity index (χ0v) is 11.8. The molecule has 0 amide bonds. The van der Waals surface area contributed by atoms with Gasteiger partial charge in [0.2, 0.25) is 0 Å². The Morgan fingerprint density at radius 3 is 2.15 bits per heavy atom. The van der Waals surface area contributed by atoms with Crippen molar-refractivity contribution in [3.63, 3.8) is 0 Å². The first kappa shape index (κ1) is 15.4. The van der Waals surface area contributed by atoms with Crippen LogP contribution in [0.15, 0.2) is 24.3 Å². The number of hydrogen-bond donors (Lipinski definition) is 1. The molecule has 0 radical (unpaired) electrons. The SMILES string of the molecule is CCCC1CCC(N)(c2ccc(C(F)(F)F)cc2)CC1. The number of halogens is 3. The van der Waals surface area contributed by atoms with E-state index in [1.165, 1.54) is 12.8 Å². The Morgan fingerprint density at radius 2 is 1.70 bits per heavy atom. The molecule has 1 saturated carbocycles. The van der Waals surface area contributed by atoms with Crippen LogP contribution in [0.5, 0.6) is 0 Å². The van der Waals surface area contributed by atoms with Crippen molar-refractivity contribution in [3.8, 4) is 0 Å². The number of benzene rings is 1. The maximum absolute atomic E-state index is 12.6. The highest BCUT2D eigenvalue weighted by molar-refractivity contribution is 5.30. The van der Waals surface area contributed by atoms with Crippen molar-refractivity contribution in [2.75, 3.05) is 0 Å². The third-order valence-corrected chi connectivity index (χ3v) is 4.48. The largest absolute Gasteiger partial charge is 0.416 e. The summed E-state index contributed by atoms with van der Waals surface area (Å²) >= 11 is 0. The average Bonchev–Trinajstić information content (AvgIpc) is 2.41. The van der Waals surface area contributed by atoms with Crippen LogP contribution in [0, 0.1) is 5.92 Å². The lowest BCUT2D eigenvalue weighted by Crippen LogP contribution is -2.40. The highest BCUT2D eigenvalue weighted by atomic mass is 19.4. The van der Waals surface area contributed by atoms with Gasteiger partial charge in [0.25, 0.3) is 0 Å². The molecule has 4 heteroatoms. The molecule has 0 heterocycles. The van der Waals surface area contributed by atoms with Gasteiger partial charge < -0.3 is 5.73 Å². The molecule has 0 bridgehead atoms. The van der Waals surface area contributed by atoms with Crippen LogP contribution in [0.1, 0.15) is 56.6 Å². The number of alkyl halides is 3. The predicted octanol–water partition coefficient (Wildman–Crippen LogP) is 4.85. The molecule has 0 atom stereocenters. The number of hydrogen-bond acceptors (Lipinski definition) is 1. The molecule has 1 aromatic rings. The summed E-state index contributed by atoms with van der Waals surface area (Å²) < 4.78 is 37.7. The van der Waals surface area contributed by atoms with E-state index in [9.17, 15) is 13.2 Å². The normalized spacial score (nSPS) is 27.6. The summed E-state index contributed by atoms with van der Waals surface area (Å²) in [5, 5.41) is 0. The van der Waals surface area contributed by atoms with Gasteiger partial charge in [0.1, 0.15) is 0 Å². The van der Waals surface area contributed by atoms with Gasteiger partial charge in [0, 0.05) is 5.54 Å². The van der Waals surface area contributed by atoms with Crippen molar-refractivity contribution in [2.24, 2.45) is 11.7 Å². The average molecular weight is 285 g/mol. The topological polar surface area (TPSA) is 26.0 Å². The van der Waals surface area contributed by atoms with Crippen LogP contribution in [0.4, 0.5) is 13.2 Å². The summed E-state index contributed by atoms with van der Waals surface area (Å²) in [4.78, 5) is 0. The predicted molar refractivity (Wildman–Crippen MR) is 74.2 cm³/mol. The fraction of sp³-hybridized carbons (Fsp3) is 0.625. The Bertz CT molecular complexity index is 428. The van der Waals surface area contributed by atoms with E-state index in [0.717, 1.165) is 49.3 Å². The fourth-order valence-corrected chi connectivity index (χ4v) is 3.17. The van der Waals surface area contributed by atoms with E-state index in [4.69, 9.17) is 5.73 Å². The number of rotatable bonds is 3. The van der Waals surface area contributed by atoms with Gasteiger partial charge in [-0.2, -0.15) is 13.2 Å². The van der Waals surface area contributed by atoms with Gasteiger partial charge in [-0.25, -0.2) is 0 Å². The second-order valence-electron chi connectivity index (χ2n) is 5.96. The smallest absolute Gasteiger partial charge is 0.321 e. The van der Waals surface area contributed by atoms with Gasteiger partial charge in [-0.3, -0.25) is 0 Å². The second kappa shape index (κ2) is 5.76.